The summed E-state index contributed by atoms with van der Waals surface area (Å²) in [6.07, 6.45) is 2.64. The molecule has 3 nitrogen and oxygen atoms in total. The second-order valence-corrected chi connectivity index (χ2v) is 3.35. The zero-order valence-electron chi connectivity index (χ0n) is 6.91. The van der Waals surface area contributed by atoms with Crippen LogP contribution in [-0.2, 0) is 0 Å². The molecule has 0 spiro atoms. The lowest BCUT2D eigenvalue weighted by Gasteiger charge is -2.03. The first-order chi connectivity index (χ1) is 6.75. The number of ether oxygens (including phenoxy) is 1. The van der Waals surface area contributed by atoms with Gasteiger partial charge in [-0.15, -0.1) is 0 Å². The molecule has 2 rings (SSSR count). The fraction of sp³-hybridized carbons (Fsp3) is 0. The summed E-state index contributed by atoms with van der Waals surface area (Å²) in [4.78, 5) is 3.79. The highest BCUT2D eigenvalue weighted by Gasteiger charge is 2.05. The van der Waals surface area contributed by atoms with Gasteiger partial charge in [0, 0.05) is 11.1 Å². The number of oxazole rings is 1. The fourth-order valence-electron chi connectivity index (χ4n) is 0.920. The van der Waals surface area contributed by atoms with Gasteiger partial charge in [-0.2, -0.15) is 4.98 Å². The molecule has 0 saturated heterocycles. The highest BCUT2D eigenvalue weighted by atomic mass is 35.5. The zero-order valence-corrected chi connectivity index (χ0v) is 8.42. The van der Waals surface area contributed by atoms with Crippen LogP contribution in [0.3, 0.4) is 0 Å². The first kappa shape index (κ1) is 9.37. The van der Waals surface area contributed by atoms with E-state index < -0.39 is 0 Å². The first-order valence-corrected chi connectivity index (χ1v) is 4.52. The molecule has 0 amide bonds. The van der Waals surface area contributed by atoms with E-state index in [4.69, 9.17) is 32.4 Å². The average molecular weight is 230 g/mol. The van der Waals surface area contributed by atoms with E-state index in [-0.39, 0.29) is 0 Å². The van der Waals surface area contributed by atoms with Gasteiger partial charge in [0.2, 0.25) is 0 Å². The Bertz CT molecular complexity index is 428. The maximum atomic E-state index is 5.87. The minimum atomic E-state index is 0.342. The monoisotopic (exact) mass is 229 g/mol. The third kappa shape index (κ3) is 2.00. The smallest absolute Gasteiger partial charge is 0.258 e. The Morgan fingerprint density at radius 1 is 1.29 bits per heavy atom. The molecule has 1 aromatic heterocycles. The number of halogens is 2. The molecule has 0 bridgehead atoms. The molecular weight excluding hydrogens is 225 g/mol. The third-order valence-electron chi connectivity index (χ3n) is 1.52. The summed E-state index contributed by atoms with van der Waals surface area (Å²) in [7, 11) is 0. The molecule has 0 aliphatic rings. The largest absolute Gasteiger partial charge is 0.448 e. The van der Waals surface area contributed by atoms with Gasteiger partial charge in [-0.3, -0.25) is 0 Å². The van der Waals surface area contributed by atoms with Gasteiger partial charge in [-0.25, -0.2) is 0 Å². The molecule has 0 radical (unpaired) electrons. The lowest BCUT2D eigenvalue weighted by atomic mass is 10.3. The third-order valence-corrected chi connectivity index (χ3v) is 2.06. The van der Waals surface area contributed by atoms with Crippen molar-refractivity contribution in [2.75, 3.05) is 0 Å². The second kappa shape index (κ2) is 3.90. The molecule has 0 fully saturated rings. The van der Waals surface area contributed by atoms with Gasteiger partial charge in [0.25, 0.3) is 5.88 Å². The van der Waals surface area contributed by atoms with Crippen molar-refractivity contribution in [3.8, 4) is 11.6 Å². The summed E-state index contributed by atoms with van der Waals surface area (Å²) >= 11 is 11.6. The van der Waals surface area contributed by atoms with Crippen LogP contribution in [0, 0.1) is 0 Å². The molecule has 0 aliphatic carbocycles. The Hall–Kier alpha value is -1.19. The summed E-state index contributed by atoms with van der Waals surface area (Å²) in [5.74, 6) is 0.794. The summed E-state index contributed by atoms with van der Waals surface area (Å²) in [6.45, 7) is 0. The molecule has 14 heavy (non-hydrogen) atoms. The fourth-order valence-corrected chi connectivity index (χ4v) is 1.24. The Morgan fingerprint density at radius 2 is 2.14 bits per heavy atom. The van der Waals surface area contributed by atoms with Crippen molar-refractivity contribution in [2.24, 2.45) is 0 Å². The Balaban J connectivity index is 2.28. The van der Waals surface area contributed by atoms with Crippen molar-refractivity contribution in [3.63, 3.8) is 0 Å². The quantitative estimate of drug-likeness (QED) is 0.787. The number of nitrogens with zero attached hydrogens (tertiary/aromatic N) is 1. The predicted octanol–water partition coefficient (Wildman–Crippen LogP) is 3.77. The van der Waals surface area contributed by atoms with E-state index in [1.807, 2.05) is 0 Å². The summed E-state index contributed by atoms with van der Waals surface area (Å²) in [5.41, 5.74) is 0. The summed E-state index contributed by atoms with van der Waals surface area (Å²) in [6, 6.07) is 4.94. The maximum absolute atomic E-state index is 5.87. The minimum Gasteiger partial charge on any atom is -0.448 e. The number of hydrogen-bond donors (Lipinski definition) is 0. The molecule has 5 heteroatoms. The van der Waals surface area contributed by atoms with E-state index in [1.165, 1.54) is 12.7 Å². The normalized spacial score (nSPS) is 10.1. The van der Waals surface area contributed by atoms with E-state index in [0.29, 0.717) is 21.7 Å². The topological polar surface area (TPSA) is 35.3 Å². The Kier molecular flexibility index (Phi) is 2.61. The van der Waals surface area contributed by atoms with Gasteiger partial charge in [0.05, 0.1) is 5.02 Å². The van der Waals surface area contributed by atoms with Crippen molar-refractivity contribution >= 4 is 23.2 Å². The van der Waals surface area contributed by atoms with Crippen LogP contribution in [0.15, 0.2) is 35.3 Å². The number of benzene rings is 1. The first-order valence-electron chi connectivity index (χ1n) is 3.77. The number of hydrogen-bond acceptors (Lipinski definition) is 3. The van der Waals surface area contributed by atoms with Crippen LogP contribution in [0.4, 0.5) is 0 Å². The van der Waals surface area contributed by atoms with Crippen LogP contribution < -0.4 is 4.74 Å². The van der Waals surface area contributed by atoms with Gasteiger partial charge < -0.3 is 9.15 Å². The van der Waals surface area contributed by atoms with Gasteiger partial charge in [0.1, 0.15) is 5.75 Å². The van der Waals surface area contributed by atoms with Gasteiger partial charge in [-0.05, 0) is 12.1 Å². The van der Waals surface area contributed by atoms with Crippen molar-refractivity contribution in [3.05, 3.63) is 40.9 Å². The van der Waals surface area contributed by atoms with Crippen molar-refractivity contribution in [1.82, 2.24) is 4.98 Å². The minimum absolute atomic E-state index is 0.342. The van der Waals surface area contributed by atoms with E-state index in [1.54, 1.807) is 18.2 Å². The van der Waals surface area contributed by atoms with Crippen molar-refractivity contribution in [2.45, 2.75) is 0 Å². The van der Waals surface area contributed by atoms with Gasteiger partial charge in [-0.1, -0.05) is 23.2 Å². The van der Waals surface area contributed by atoms with Crippen LogP contribution in [0.5, 0.6) is 11.6 Å². The molecular formula is C9H5Cl2NO2. The molecule has 0 aliphatic heterocycles. The molecule has 0 unspecified atom stereocenters. The second-order valence-electron chi connectivity index (χ2n) is 2.50. The van der Waals surface area contributed by atoms with Crippen LogP contribution >= 0.6 is 23.2 Å². The highest BCUT2D eigenvalue weighted by Crippen LogP contribution is 2.30. The molecule has 0 N–H and O–H groups in total. The highest BCUT2D eigenvalue weighted by molar-refractivity contribution is 6.34. The average Bonchev–Trinajstić information content (AvgIpc) is 2.64. The molecule has 1 heterocycles. The predicted molar refractivity (Wildman–Crippen MR) is 53.0 cm³/mol. The Labute approximate surface area is 90.2 Å². The number of aromatic nitrogens is 1. The standard InChI is InChI=1S/C9H5Cl2NO2/c10-6-1-2-7(11)8(3-6)14-9-4-13-5-12-9/h1-5H. The molecule has 0 saturated carbocycles. The van der Waals surface area contributed by atoms with Crippen LogP contribution in [0.25, 0.3) is 0 Å². The van der Waals surface area contributed by atoms with Gasteiger partial charge in [0.15, 0.2) is 12.7 Å². The molecule has 2 aromatic rings. The summed E-state index contributed by atoms with van der Waals surface area (Å²) < 4.78 is 10.1. The van der Waals surface area contributed by atoms with Gasteiger partial charge >= 0.3 is 0 Å². The van der Waals surface area contributed by atoms with E-state index in [0.717, 1.165) is 0 Å². The molecule has 1 aromatic carbocycles. The van der Waals surface area contributed by atoms with Crippen LogP contribution in [0.1, 0.15) is 0 Å². The van der Waals surface area contributed by atoms with Crippen LogP contribution in [-0.4, -0.2) is 4.98 Å². The van der Waals surface area contributed by atoms with E-state index in [2.05, 4.69) is 4.98 Å². The Morgan fingerprint density at radius 3 is 2.86 bits per heavy atom. The molecule has 72 valence electrons. The van der Waals surface area contributed by atoms with E-state index >= 15 is 0 Å². The maximum Gasteiger partial charge on any atom is 0.258 e. The lowest BCUT2D eigenvalue weighted by molar-refractivity contribution is 0.457. The van der Waals surface area contributed by atoms with Crippen molar-refractivity contribution < 1.29 is 9.15 Å². The SMILES string of the molecule is Clc1ccc(Cl)c(Oc2cocn2)c1. The zero-order chi connectivity index (χ0) is 9.97. The summed E-state index contributed by atoms with van der Waals surface area (Å²) in [5, 5.41) is 1.02. The van der Waals surface area contributed by atoms with E-state index in [9.17, 15) is 0 Å². The lowest BCUT2D eigenvalue weighted by Crippen LogP contribution is -1.84. The number of rotatable bonds is 2. The molecule has 0 atom stereocenters. The van der Waals surface area contributed by atoms with Crippen molar-refractivity contribution in [1.29, 1.82) is 0 Å². The van der Waals surface area contributed by atoms with Crippen LogP contribution in [0.2, 0.25) is 10.0 Å².